The molecule has 1 N–H and O–H groups in total. The van der Waals surface area contributed by atoms with E-state index in [0.717, 1.165) is 11.3 Å². The van der Waals surface area contributed by atoms with E-state index in [9.17, 15) is 10.1 Å². The molecule has 2 aromatic heterocycles. The van der Waals surface area contributed by atoms with Gasteiger partial charge in [0, 0.05) is 12.1 Å². The van der Waals surface area contributed by atoms with Gasteiger partial charge in [0.25, 0.3) is 0 Å². The van der Waals surface area contributed by atoms with Gasteiger partial charge in [-0.25, -0.2) is 4.68 Å². The molecule has 0 aliphatic rings. The molecule has 2 aromatic rings. The number of nitrogens with one attached hydrogen (secondary N) is 1. The van der Waals surface area contributed by atoms with Gasteiger partial charge >= 0.3 is 5.69 Å². The average molecular weight is 293 g/mol. The first-order chi connectivity index (χ1) is 9.86. The van der Waals surface area contributed by atoms with Crippen LogP contribution in [-0.4, -0.2) is 19.9 Å². The van der Waals surface area contributed by atoms with Gasteiger partial charge in [-0.15, -0.1) is 0 Å². The summed E-state index contributed by atoms with van der Waals surface area (Å²) in [5.41, 5.74) is 2.09. The normalized spacial score (nSPS) is 12.4. The van der Waals surface area contributed by atoms with Crippen molar-refractivity contribution in [2.24, 2.45) is 0 Å². The van der Waals surface area contributed by atoms with E-state index in [0.29, 0.717) is 23.8 Å². The fourth-order valence-corrected chi connectivity index (χ4v) is 2.55. The van der Waals surface area contributed by atoms with Crippen LogP contribution in [0.1, 0.15) is 42.6 Å². The molecule has 0 aromatic carbocycles. The van der Waals surface area contributed by atoms with Gasteiger partial charge < -0.3 is 9.84 Å². The zero-order valence-corrected chi connectivity index (χ0v) is 12.8. The summed E-state index contributed by atoms with van der Waals surface area (Å²) >= 11 is 0. The maximum atomic E-state index is 11.3. The van der Waals surface area contributed by atoms with Crippen LogP contribution in [-0.2, 0) is 6.54 Å². The minimum absolute atomic E-state index is 0.00969. The fourth-order valence-electron chi connectivity index (χ4n) is 2.55. The topological polar surface area (TPSA) is 99.0 Å². The first kappa shape index (κ1) is 15.0. The highest BCUT2D eigenvalue weighted by Crippen LogP contribution is 2.32. The quantitative estimate of drug-likeness (QED) is 0.672. The molecule has 21 heavy (non-hydrogen) atoms. The number of hydrogen-bond donors (Lipinski definition) is 1. The molecule has 1 unspecified atom stereocenters. The van der Waals surface area contributed by atoms with E-state index >= 15 is 0 Å². The second-order valence-corrected chi connectivity index (χ2v) is 4.96. The van der Waals surface area contributed by atoms with Gasteiger partial charge in [0.2, 0.25) is 5.82 Å². The van der Waals surface area contributed by atoms with Crippen LogP contribution in [0.5, 0.6) is 0 Å². The maximum Gasteiger partial charge on any atom is 0.333 e. The lowest BCUT2D eigenvalue weighted by Crippen LogP contribution is -2.13. The largest absolute Gasteiger partial charge is 0.361 e. The van der Waals surface area contributed by atoms with Crippen molar-refractivity contribution >= 4 is 11.5 Å². The Bertz CT molecular complexity index is 654. The first-order valence-electron chi connectivity index (χ1n) is 6.77. The zero-order valence-electron chi connectivity index (χ0n) is 12.8. The number of anilines is 1. The molecule has 0 radical (unpaired) electrons. The summed E-state index contributed by atoms with van der Waals surface area (Å²) in [6.45, 7) is 9.66. The Morgan fingerprint density at radius 3 is 2.52 bits per heavy atom. The molecule has 0 bridgehead atoms. The molecule has 114 valence electrons. The Labute approximate surface area is 122 Å². The maximum absolute atomic E-state index is 11.3. The fraction of sp³-hybridized carbons (Fsp3) is 0.538. The highest BCUT2D eigenvalue weighted by molar-refractivity contribution is 5.60. The number of hydrogen-bond acceptors (Lipinski definition) is 6. The third-order valence-corrected chi connectivity index (χ3v) is 3.45. The van der Waals surface area contributed by atoms with Crippen LogP contribution >= 0.6 is 0 Å². The zero-order chi connectivity index (χ0) is 15.7. The average Bonchev–Trinajstić information content (AvgIpc) is 2.89. The first-order valence-corrected chi connectivity index (χ1v) is 6.77. The Morgan fingerprint density at radius 1 is 1.38 bits per heavy atom. The van der Waals surface area contributed by atoms with Crippen LogP contribution in [0.2, 0.25) is 0 Å². The van der Waals surface area contributed by atoms with E-state index in [4.69, 9.17) is 4.52 Å². The van der Waals surface area contributed by atoms with Crippen molar-refractivity contribution in [3.05, 3.63) is 32.8 Å². The van der Waals surface area contributed by atoms with E-state index in [2.05, 4.69) is 15.6 Å². The van der Waals surface area contributed by atoms with Crippen molar-refractivity contribution in [1.29, 1.82) is 0 Å². The smallest absolute Gasteiger partial charge is 0.333 e. The number of aromatic nitrogens is 3. The Hall–Kier alpha value is -2.38. The Morgan fingerprint density at radius 2 is 2.05 bits per heavy atom. The second kappa shape index (κ2) is 5.55. The lowest BCUT2D eigenvalue weighted by molar-refractivity contribution is -0.384. The lowest BCUT2D eigenvalue weighted by atomic mass is 10.1. The minimum atomic E-state index is -0.406. The van der Waals surface area contributed by atoms with Gasteiger partial charge in [0.15, 0.2) is 0 Å². The van der Waals surface area contributed by atoms with Crippen molar-refractivity contribution in [3.8, 4) is 0 Å². The van der Waals surface area contributed by atoms with Gasteiger partial charge in [-0.05, 0) is 34.6 Å². The van der Waals surface area contributed by atoms with Gasteiger partial charge in [0.1, 0.15) is 11.5 Å². The third kappa shape index (κ3) is 2.61. The van der Waals surface area contributed by atoms with Gasteiger partial charge in [-0.3, -0.25) is 10.1 Å². The molecule has 2 rings (SSSR count). The molecule has 0 aliphatic heterocycles. The molecule has 0 spiro atoms. The number of nitro groups is 1. The minimum Gasteiger partial charge on any atom is -0.361 e. The summed E-state index contributed by atoms with van der Waals surface area (Å²) in [6, 6.07) is -0.170. The molecular formula is C13H19N5O3. The van der Waals surface area contributed by atoms with Crippen LogP contribution < -0.4 is 5.32 Å². The molecule has 0 aliphatic carbocycles. The Kier molecular flexibility index (Phi) is 3.97. The van der Waals surface area contributed by atoms with Crippen LogP contribution in [0.3, 0.4) is 0 Å². The summed E-state index contributed by atoms with van der Waals surface area (Å²) in [5.74, 6) is 1.11. The molecule has 0 saturated carbocycles. The van der Waals surface area contributed by atoms with Crippen LogP contribution in [0.4, 0.5) is 11.5 Å². The van der Waals surface area contributed by atoms with Crippen molar-refractivity contribution in [2.45, 2.75) is 47.2 Å². The number of rotatable bonds is 5. The van der Waals surface area contributed by atoms with Crippen LogP contribution in [0.15, 0.2) is 4.52 Å². The molecule has 2 heterocycles. The molecule has 0 saturated heterocycles. The number of nitrogens with zero attached hydrogens (tertiary/aromatic N) is 4. The summed E-state index contributed by atoms with van der Waals surface area (Å²) in [4.78, 5) is 10.8. The predicted molar refractivity (Wildman–Crippen MR) is 77.3 cm³/mol. The SMILES string of the molecule is CCn1nc(C)c([N+](=O)[O-])c1NC(C)c1c(C)noc1C. The van der Waals surface area contributed by atoms with Gasteiger partial charge in [0.05, 0.1) is 16.7 Å². The summed E-state index contributed by atoms with van der Waals surface area (Å²) in [7, 11) is 0. The van der Waals surface area contributed by atoms with Crippen molar-refractivity contribution < 1.29 is 9.45 Å². The molecule has 0 fully saturated rings. The van der Waals surface area contributed by atoms with Gasteiger partial charge in [-0.2, -0.15) is 5.10 Å². The highest BCUT2D eigenvalue weighted by Gasteiger charge is 2.27. The second-order valence-electron chi connectivity index (χ2n) is 4.96. The molecule has 8 nitrogen and oxygen atoms in total. The molecule has 1 atom stereocenters. The third-order valence-electron chi connectivity index (χ3n) is 3.45. The monoisotopic (exact) mass is 293 g/mol. The van der Waals surface area contributed by atoms with E-state index in [1.807, 2.05) is 27.7 Å². The van der Waals surface area contributed by atoms with E-state index < -0.39 is 4.92 Å². The van der Waals surface area contributed by atoms with Crippen molar-refractivity contribution in [3.63, 3.8) is 0 Å². The lowest BCUT2D eigenvalue weighted by Gasteiger charge is -2.15. The van der Waals surface area contributed by atoms with Crippen LogP contribution in [0.25, 0.3) is 0 Å². The van der Waals surface area contributed by atoms with Crippen molar-refractivity contribution in [2.75, 3.05) is 5.32 Å². The van der Waals surface area contributed by atoms with Crippen LogP contribution in [0, 0.1) is 30.9 Å². The van der Waals surface area contributed by atoms with E-state index in [1.54, 1.807) is 11.6 Å². The summed E-state index contributed by atoms with van der Waals surface area (Å²) in [6.07, 6.45) is 0. The summed E-state index contributed by atoms with van der Waals surface area (Å²) < 4.78 is 6.75. The van der Waals surface area contributed by atoms with E-state index in [-0.39, 0.29) is 11.7 Å². The number of aryl methyl sites for hydroxylation is 4. The molecular weight excluding hydrogens is 274 g/mol. The summed E-state index contributed by atoms with van der Waals surface area (Å²) in [5, 5.41) is 22.5. The van der Waals surface area contributed by atoms with Crippen molar-refractivity contribution in [1.82, 2.24) is 14.9 Å². The highest BCUT2D eigenvalue weighted by atomic mass is 16.6. The van der Waals surface area contributed by atoms with Gasteiger partial charge in [-0.1, -0.05) is 5.16 Å². The molecule has 8 heteroatoms. The standard InChI is InChI=1S/C13H19N5O3/c1-6-17-13(12(18(19)20)9(4)15-17)14-7(2)11-8(3)16-21-10(11)5/h7,14H,6H2,1-5H3. The van der Waals surface area contributed by atoms with E-state index in [1.165, 1.54) is 0 Å². The Balaban J connectivity index is 2.41. The molecule has 0 amide bonds. The predicted octanol–water partition coefficient (Wildman–Crippen LogP) is 2.90.